The van der Waals surface area contributed by atoms with E-state index in [1.54, 1.807) is 0 Å². The highest BCUT2D eigenvalue weighted by Gasteiger charge is 2.21. The number of aliphatic carboxylic acids is 1. The summed E-state index contributed by atoms with van der Waals surface area (Å²) in [7, 11) is 0. The molecule has 0 saturated carbocycles. The quantitative estimate of drug-likeness (QED) is 0.109. The van der Waals surface area contributed by atoms with Crippen LogP contribution in [0.4, 0.5) is 0 Å². The molecule has 0 bridgehead atoms. The zero-order valence-corrected chi connectivity index (χ0v) is 17.2. The van der Waals surface area contributed by atoms with E-state index >= 15 is 0 Å². The fourth-order valence-corrected chi connectivity index (χ4v) is 1.90. The Morgan fingerprint density at radius 1 is 0.839 bits per heavy atom. The molecule has 0 aliphatic heterocycles. The number of hydrogen-bond acceptors (Lipinski definition) is 12. The van der Waals surface area contributed by atoms with Crippen LogP contribution in [0.25, 0.3) is 0 Å². The van der Waals surface area contributed by atoms with E-state index in [0.717, 1.165) is 6.92 Å². The number of hydrogen-bond donors (Lipinski definition) is 1. The SMILES string of the molecule is CC(=O)C(=O)OC(C)CC(=O)OCC(COC(=O)CC(C)OC(=O)CC(=O)O)OC=O. The molecule has 0 saturated heterocycles. The van der Waals surface area contributed by atoms with Gasteiger partial charge in [-0.05, 0) is 13.8 Å². The highest BCUT2D eigenvalue weighted by atomic mass is 16.6. The summed E-state index contributed by atoms with van der Waals surface area (Å²) in [5, 5.41) is 8.47. The predicted octanol–water partition coefficient (Wildman–Crippen LogP) is -0.678. The molecule has 0 radical (unpaired) electrons. The van der Waals surface area contributed by atoms with E-state index in [9.17, 15) is 33.6 Å². The summed E-state index contributed by atoms with van der Waals surface area (Å²) in [6.07, 6.45) is -4.64. The maximum Gasteiger partial charge on any atom is 0.374 e. The van der Waals surface area contributed by atoms with Gasteiger partial charge in [0.2, 0.25) is 5.78 Å². The van der Waals surface area contributed by atoms with Crippen LogP contribution in [-0.4, -0.2) is 78.7 Å². The van der Waals surface area contributed by atoms with Crippen LogP contribution in [-0.2, 0) is 57.2 Å². The molecule has 3 atom stereocenters. The second-order valence-electron chi connectivity index (χ2n) is 6.27. The second kappa shape index (κ2) is 14.5. The van der Waals surface area contributed by atoms with Gasteiger partial charge in [0, 0.05) is 6.92 Å². The largest absolute Gasteiger partial charge is 0.481 e. The molecule has 0 amide bonds. The van der Waals surface area contributed by atoms with Gasteiger partial charge in [-0.1, -0.05) is 0 Å². The summed E-state index contributed by atoms with van der Waals surface area (Å²) in [5.41, 5.74) is 0. The molecule has 1 N–H and O–H groups in total. The van der Waals surface area contributed by atoms with Crippen molar-refractivity contribution in [3.05, 3.63) is 0 Å². The van der Waals surface area contributed by atoms with Crippen LogP contribution in [0.3, 0.4) is 0 Å². The van der Waals surface area contributed by atoms with Gasteiger partial charge < -0.3 is 28.8 Å². The summed E-state index contributed by atoms with van der Waals surface area (Å²) in [6.45, 7) is 2.84. The molecule has 0 spiro atoms. The molecule has 0 rings (SSSR count). The van der Waals surface area contributed by atoms with E-state index in [1.165, 1.54) is 13.8 Å². The maximum absolute atomic E-state index is 11.7. The Labute approximate surface area is 176 Å². The number of carbonyl (C=O) groups is 7. The van der Waals surface area contributed by atoms with Crippen molar-refractivity contribution in [3.8, 4) is 0 Å². The predicted molar refractivity (Wildman–Crippen MR) is 96.1 cm³/mol. The van der Waals surface area contributed by atoms with E-state index in [1.807, 2.05) is 0 Å². The molecule has 0 fully saturated rings. The average Bonchev–Trinajstić information content (AvgIpc) is 2.62. The monoisotopic (exact) mass is 448 g/mol. The molecule has 0 heterocycles. The first-order valence-electron chi connectivity index (χ1n) is 8.97. The summed E-state index contributed by atoms with van der Waals surface area (Å²) in [5.74, 6) is -6.00. The van der Waals surface area contributed by atoms with E-state index in [2.05, 4.69) is 9.47 Å². The zero-order valence-electron chi connectivity index (χ0n) is 17.2. The van der Waals surface area contributed by atoms with Crippen LogP contribution in [0.2, 0.25) is 0 Å². The molecule has 0 aliphatic rings. The van der Waals surface area contributed by atoms with Crippen LogP contribution < -0.4 is 0 Å². The van der Waals surface area contributed by atoms with Crippen molar-refractivity contribution in [1.82, 2.24) is 0 Å². The number of carboxylic acids is 1. The van der Waals surface area contributed by atoms with Gasteiger partial charge in [-0.3, -0.25) is 28.8 Å². The molecule has 3 unspecified atom stereocenters. The van der Waals surface area contributed by atoms with E-state index in [-0.39, 0.29) is 12.9 Å². The first-order chi connectivity index (χ1) is 14.4. The van der Waals surface area contributed by atoms with Crippen molar-refractivity contribution in [2.75, 3.05) is 13.2 Å². The van der Waals surface area contributed by atoms with Crippen molar-refractivity contribution in [2.24, 2.45) is 0 Å². The Balaban J connectivity index is 4.37. The molecule has 0 aromatic rings. The number of ketones is 1. The summed E-state index contributed by atoms with van der Waals surface area (Å²) >= 11 is 0. The molecule has 0 aliphatic carbocycles. The normalized spacial score (nSPS) is 13.0. The Morgan fingerprint density at radius 3 is 1.74 bits per heavy atom. The van der Waals surface area contributed by atoms with Gasteiger partial charge >= 0.3 is 29.8 Å². The third-order valence-electron chi connectivity index (χ3n) is 3.24. The topological polar surface area (TPSA) is 186 Å². The fraction of sp³-hybridized carbons (Fsp3) is 0.611. The number of carboxylic acid groups (broad SMARTS) is 1. The lowest BCUT2D eigenvalue weighted by atomic mass is 10.3. The molecule has 13 nitrogen and oxygen atoms in total. The minimum Gasteiger partial charge on any atom is -0.481 e. The van der Waals surface area contributed by atoms with Gasteiger partial charge in [0.1, 0.15) is 31.8 Å². The van der Waals surface area contributed by atoms with Crippen LogP contribution in [0.1, 0.15) is 40.0 Å². The van der Waals surface area contributed by atoms with Gasteiger partial charge in [-0.15, -0.1) is 0 Å². The Kier molecular flexibility index (Phi) is 12.8. The number of ether oxygens (including phenoxy) is 5. The molecule has 31 heavy (non-hydrogen) atoms. The van der Waals surface area contributed by atoms with E-state index in [4.69, 9.17) is 19.3 Å². The lowest BCUT2D eigenvalue weighted by Gasteiger charge is -2.17. The van der Waals surface area contributed by atoms with E-state index < -0.39 is 80.0 Å². The van der Waals surface area contributed by atoms with Crippen LogP contribution in [0.15, 0.2) is 0 Å². The molecular weight excluding hydrogens is 424 g/mol. The van der Waals surface area contributed by atoms with Crippen molar-refractivity contribution in [1.29, 1.82) is 0 Å². The van der Waals surface area contributed by atoms with Crippen LogP contribution in [0, 0.1) is 0 Å². The highest BCUT2D eigenvalue weighted by Crippen LogP contribution is 2.05. The third kappa shape index (κ3) is 14.2. The van der Waals surface area contributed by atoms with Crippen molar-refractivity contribution in [2.45, 2.75) is 58.3 Å². The van der Waals surface area contributed by atoms with E-state index in [0.29, 0.717) is 0 Å². The first-order valence-corrected chi connectivity index (χ1v) is 8.97. The summed E-state index contributed by atoms with van der Waals surface area (Å²) in [4.78, 5) is 77.6. The second-order valence-corrected chi connectivity index (χ2v) is 6.27. The Bertz CT molecular complexity index is 684. The number of rotatable bonds is 15. The number of esters is 4. The molecule has 174 valence electrons. The number of Topliss-reactive ketones (excluding diaryl/α,β-unsaturated/α-hetero) is 1. The highest BCUT2D eigenvalue weighted by molar-refractivity contribution is 6.32. The minimum atomic E-state index is -1.38. The summed E-state index contributed by atoms with van der Waals surface area (Å²) < 4.78 is 23.7. The smallest absolute Gasteiger partial charge is 0.374 e. The third-order valence-corrected chi connectivity index (χ3v) is 3.24. The lowest BCUT2D eigenvalue weighted by molar-refractivity contribution is -0.164. The lowest BCUT2D eigenvalue weighted by Crippen LogP contribution is -2.30. The molecule has 13 heteroatoms. The van der Waals surface area contributed by atoms with Crippen molar-refractivity contribution >= 4 is 42.1 Å². The van der Waals surface area contributed by atoms with Gasteiger partial charge in [-0.25, -0.2) is 4.79 Å². The van der Waals surface area contributed by atoms with Crippen LogP contribution >= 0.6 is 0 Å². The van der Waals surface area contributed by atoms with Gasteiger partial charge in [0.05, 0.1) is 12.8 Å². The first kappa shape index (κ1) is 27.5. The molecular formula is C18H24O13. The number of carbonyl (C=O) groups excluding carboxylic acids is 6. The standard InChI is InChI=1S/C18H24O13/c1-10(30-17(25)6-14(21)22)4-15(23)27-7-13(29-9-19)8-28-16(24)5-11(2)31-18(26)12(3)20/h9-11,13H,4-8H2,1-3H3,(H,21,22). The zero-order chi connectivity index (χ0) is 24.0. The van der Waals surface area contributed by atoms with Gasteiger partial charge in [0.25, 0.3) is 6.47 Å². The maximum atomic E-state index is 11.7. The Morgan fingerprint density at radius 2 is 1.32 bits per heavy atom. The summed E-state index contributed by atoms with van der Waals surface area (Å²) in [6, 6.07) is 0. The van der Waals surface area contributed by atoms with Crippen molar-refractivity contribution in [3.63, 3.8) is 0 Å². The fourth-order valence-electron chi connectivity index (χ4n) is 1.90. The van der Waals surface area contributed by atoms with Crippen molar-refractivity contribution < 1.29 is 62.4 Å². The van der Waals surface area contributed by atoms with Gasteiger partial charge in [0.15, 0.2) is 6.10 Å². The Hall–Kier alpha value is -3.51. The minimum absolute atomic E-state index is 0.0555. The average molecular weight is 448 g/mol. The molecule has 0 aromatic heterocycles. The van der Waals surface area contributed by atoms with Crippen LogP contribution in [0.5, 0.6) is 0 Å². The van der Waals surface area contributed by atoms with Gasteiger partial charge in [-0.2, -0.15) is 0 Å². The molecule has 0 aromatic carbocycles.